The molecule has 0 radical (unpaired) electrons. The Kier molecular flexibility index (Phi) is 7.78. The molecule has 2 aromatic carbocycles. The number of anilines is 2. The number of hydrogen-bond acceptors (Lipinski definition) is 3. The average Bonchev–Trinajstić information content (AvgIpc) is 2.61. The Morgan fingerprint density at radius 2 is 1.48 bits per heavy atom. The standard InChI is InChI=1S/C21H24F3N3O2/c1-4-7-27(11-18(28)25-15-9-13(2)8-14(3)10-15)12-19(29)26-17-6-5-16(22)20(23)21(17)24/h5-6,8-10H,4,7,11-12H2,1-3H3,(H,25,28)(H,26,29). The second kappa shape index (κ2) is 10.1. The summed E-state index contributed by atoms with van der Waals surface area (Å²) in [5.41, 5.74) is 2.24. The lowest BCUT2D eigenvalue weighted by molar-refractivity contribution is -0.120. The van der Waals surface area contributed by atoms with Crippen molar-refractivity contribution in [3.05, 3.63) is 58.9 Å². The molecular weight excluding hydrogens is 383 g/mol. The molecular formula is C21H24F3N3O2. The number of carbonyl (C=O) groups is 2. The summed E-state index contributed by atoms with van der Waals surface area (Å²) < 4.78 is 40.0. The Balaban J connectivity index is 1.99. The van der Waals surface area contributed by atoms with Crippen LogP contribution in [0.5, 0.6) is 0 Å². The van der Waals surface area contributed by atoms with E-state index >= 15 is 0 Å². The van der Waals surface area contributed by atoms with E-state index in [0.717, 1.165) is 23.3 Å². The fourth-order valence-corrected chi connectivity index (χ4v) is 3.00. The molecule has 0 saturated carbocycles. The Morgan fingerprint density at radius 3 is 2.07 bits per heavy atom. The molecule has 0 heterocycles. The first-order valence-electron chi connectivity index (χ1n) is 9.23. The first-order valence-corrected chi connectivity index (χ1v) is 9.23. The van der Waals surface area contributed by atoms with Crippen molar-refractivity contribution in [2.45, 2.75) is 27.2 Å². The van der Waals surface area contributed by atoms with Crippen LogP contribution in [-0.4, -0.2) is 36.3 Å². The van der Waals surface area contributed by atoms with Crippen molar-refractivity contribution in [2.24, 2.45) is 0 Å². The van der Waals surface area contributed by atoms with Crippen LogP contribution in [0.15, 0.2) is 30.3 Å². The minimum Gasteiger partial charge on any atom is -0.325 e. The molecule has 0 aliphatic heterocycles. The van der Waals surface area contributed by atoms with Crippen molar-refractivity contribution in [3.63, 3.8) is 0 Å². The van der Waals surface area contributed by atoms with Gasteiger partial charge in [0.2, 0.25) is 11.8 Å². The van der Waals surface area contributed by atoms with E-state index in [1.165, 1.54) is 0 Å². The Labute approximate surface area is 167 Å². The second-order valence-electron chi connectivity index (χ2n) is 6.91. The van der Waals surface area contributed by atoms with Crippen LogP contribution in [0.25, 0.3) is 0 Å². The predicted octanol–water partition coefficient (Wildman–Crippen LogP) is 4.01. The maximum Gasteiger partial charge on any atom is 0.238 e. The van der Waals surface area contributed by atoms with E-state index in [1.807, 2.05) is 39.0 Å². The summed E-state index contributed by atoms with van der Waals surface area (Å²) in [6, 6.07) is 7.35. The lowest BCUT2D eigenvalue weighted by Gasteiger charge is -2.21. The molecule has 0 spiro atoms. The largest absolute Gasteiger partial charge is 0.325 e. The van der Waals surface area contributed by atoms with Crippen molar-refractivity contribution in [1.29, 1.82) is 0 Å². The summed E-state index contributed by atoms with van der Waals surface area (Å²) in [5.74, 6) is -5.39. The van der Waals surface area contributed by atoms with Gasteiger partial charge in [-0.15, -0.1) is 0 Å². The maximum absolute atomic E-state index is 13.7. The van der Waals surface area contributed by atoms with E-state index in [2.05, 4.69) is 10.6 Å². The number of nitrogens with one attached hydrogen (secondary N) is 2. The summed E-state index contributed by atoms with van der Waals surface area (Å²) in [4.78, 5) is 26.2. The number of nitrogens with zero attached hydrogens (tertiary/aromatic N) is 1. The van der Waals surface area contributed by atoms with Crippen molar-refractivity contribution in [1.82, 2.24) is 4.90 Å². The molecule has 2 aromatic rings. The molecule has 0 bridgehead atoms. The number of aryl methyl sites for hydroxylation is 2. The van der Waals surface area contributed by atoms with Crippen LogP contribution >= 0.6 is 0 Å². The van der Waals surface area contributed by atoms with Gasteiger partial charge in [-0.3, -0.25) is 14.5 Å². The van der Waals surface area contributed by atoms with Crippen molar-refractivity contribution >= 4 is 23.2 Å². The topological polar surface area (TPSA) is 61.4 Å². The molecule has 0 saturated heterocycles. The molecule has 29 heavy (non-hydrogen) atoms. The van der Waals surface area contributed by atoms with Crippen LogP contribution in [0.3, 0.4) is 0 Å². The zero-order valence-electron chi connectivity index (χ0n) is 16.6. The van der Waals surface area contributed by atoms with Crippen molar-refractivity contribution in [3.8, 4) is 0 Å². The fraction of sp³-hybridized carbons (Fsp3) is 0.333. The highest BCUT2D eigenvalue weighted by molar-refractivity contribution is 5.94. The highest BCUT2D eigenvalue weighted by atomic mass is 19.2. The Morgan fingerprint density at radius 1 is 0.897 bits per heavy atom. The highest BCUT2D eigenvalue weighted by Gasteiger charge is 2.18. The highest BCUT2D eigenvalue weighted by Crippen LogP contribution is 2.19. The first-order chi connectivity index (χ1) is 13.7. The molecule has 8 heteroatoms. The first kappa shape index (κ1) is 22.4. The van der Waals surface area contributed by atoms with E-state index in [4.69, 9.17) is 0 Å². The molecule has 0 aliphatic rings. The SMILES string of the molecule is CCCN(CC(=O)Nc1cc(C)cc(C)c1)CC(=O)Nc1ccc(F)c(F)c1F. The number of carbonyl (C=O) groups excluding carboxylic acids is 2. The van der Waals surface area contributed by atoms with Crippen LogP contribution in [0, 0.1) is 31.3 Å². The van der Waals surface area contributed by atoms with E-state index in [1.54, 1.807) is 4.90 Å². The maximum atomic E-state index is 13.7. The average molecular weight is 407 g/mol. The molecule has 0 aliphatic carbocycles. The molecule has 5 nitrogen and oxygen atoms in total. The molecule has 2 amide bonds. The molecule has 0 fully saturated rings. The Bertz CT molecular complexity index is 883. The molecule has 156 valence electrons. The third-order valence-corrected chi connectivity index (χ3v) is 4.09. The van der Waals surface area contributed by atoms with Crippen molar-refractivity contribution < 1.29 is 22.8 Å². The lowest BCUT2D eigenvalue weighted by atomic mass is 10.1. The minimum absolute atomic E-state index is 0.0471. The third kappa shape index (κ3) is 6.60. The monoisotopic (exact) mass is 407 g/mol. The quantitative estimate of drug-likeness (QED) is 0.650. The molecule has 2 N–H and O–H groups in total. The van der Waals surface area contributed by atoms with Gasteiger partial charge in [-0.05, 0) is 62.2 Å². The number of benzene rings is 2. The predicted molar refractivity (Wildman–Crippen MR) is 106 cm³/mol. The number of hydrogen-bond donors (Lipinski definition) is 2. The van der Waals surface area contributed by atoms with Gasteiger partial charge in [0.05, 0.1) is 18.8 Å². The van der Waals surface area contributed by atoms with Crippen LogP contribution in [0.4, 0.5) is 24.5 Å². The fourth-order valence-electron chi connectivity index (χ4n) is 3.00. The summed E-state index contributed by atoms with van der Waals surface area (Å²) >= 11 is 0. The van der Waals surface area contributed by atoms with E-state index in [9.17, 15) is 22.8 Å². The van der Waals surface area contributed by atoms with Crippen LogP contribution in [0.2, 0.25) is 0 Å². The second-order valence-corrected chi connectivity index (χ2v) is 6.91. The molecule has 0 aromatic heterocycles. The summed E-state index contributed by atoms with van der Waals surface area (Å²) in [6.45, 7) is 5.94. The number of rotatable bonds is 8. The minimum atomic E-state index is -1.65. The smallest absolute Gasteiger partial charge is 0.238 e. The van der Waals surface area contributed by atoms with Gasteiger partial charge in [-0.1, -0.05) is 13.0 Å². The van der Waals surface area contributed by atoms with Crippen LogP contribution in [-0.2, 0) is 9.59 Å². The van der Waals surface area contributed by atoms with Gasteiger partial charge in [0, 0.05) is 5.69 Å². The van der Waals surface area contributed by atoms with Gasteiger partial charge in [0.15, 0.2) is 17.5 Å². The van der Waals surface area contributed by atoms with Crippen molar-refractivity contribution in [2.75, 3.05) is 30.3 Å². The summed E-state index contributed by atoms with van der Waals surface area (Å²) in [5, 5.41) is 5.01. The van der Waals surface area contributed by atoms with Gasteiger partial charge in [0.25, 0.3) is 0 Å². The van der Waals surface area contributed by atoms with Gasteiger partial charge in [-0.2, -0.15) is 0 Å². The van der Waals surface area contributed by atoms with Gasteiger partial charge >= 0.3 is 0 Å². The third-order valence-electron chi connectivity index (χ3n) is 4.09. The Hall–Kier alpha value is -2.87. The molecule has 2 rings (SSSR count). The number of amides is 2. The summed E-state index contributed by atoms with van der Waals surface area (Å²) in [6.07, 6.45) is 0.684. The number of halogens is 3. The lowest BCUT2D eigenvalue weighted by Crippen LogP contribution is -2.39. The zero-order valence-corrected chi connectivity index (χ0v) is 16.6. The van der Waals surface area contributed by atoms with Gasteiger partial charge < -0.3 is 10.6 Å². The van der Waals surface area contributed by atoms with Gasteiger partial charge in [-0.25, -0.2) is 13.2 Å². The molecule has 0 atom stereocenters. The van der Waals surface area contributed by atoms with E-state index in [-0.39, 0.29) is 19.0 Å². The normalized spacial score (nSPS) is 10.9. The zero-order chi connectivity index (χ0) is 21.6. The van der Waals surface area contributed by atoms with Crippen LogP contribution < -0.4 is 10.6 Å². The van der Waals surface area contributed by atoms with Gasteiger partial charge in [0.1, 0.15) is 0 Å². The molecule has 0 unspecified atom stereocenters. The van der Waals surface area contributed by atoms with Crippen LogP contribution in [0.1, 0.15) is 24.5 Å². The van der Waals surface area contributed by atoms with E-state index < -0.39 is 29.0 Å². The van der Waals surface area contributed by atoms with E-state index in [0.29, 0.717) is 18.7 Å². The summed E-state index contributed by atoms with van der Waals surface area (Å²) in [7, 11) is 0.